The second kappa shape index (κ2) is 4.32. The number of hydrogen-bond donors (Lipinski definition) is 1. The normalized spacial score (nSPS) is 13.3. The van der Waals surface area contributed by atoms with E-state index in [4.69, 9.17) is 5.26 Å². The lowest BCUT2D eigenvalue weighted by atomic mass is 10.0. The lowest BCUT2D eigenvalue weighted by Crippen LogP contribution is -2.13. The van der Waals surface area contributed by atoms with E-state index in [-0.39, 0.29) is 5.56 Å². The molecule has 1 N–H and O–H groups in total. The van der Waals surface area contributed by atoms with E-state index in [9.17, 15) is 18.3 Å². The largest absolute Gasteiger partial charge is 0.391 e. The molecule has 0 radical (unpaired) electrons. The minimum atomic E-state index is -4.40. The molecule has 1 aromatic rings. The molecule has 80 valence electrons. The van der Waals surface area contributed by atoms with Gasteiger partial charge in [0.05, 0.1) is 24.2 Å². The summed E-state index contributed by atoms with van der Waals surface area (Å²) in [6.07, 6.45) is -7.25. The van der Waals surface area contributed by atoms with Crippen LogP contribution in [0.5, 0.6) is 0 Å². The molecule has 0 spiro atoms. The van der Waals surface area contributed by atoms with Gasteiger partial charge < -0.3 is 5.11 Å². The fourth-order valence-corrected chi connectivity index (χ4v) is 1.12. The van der Waals surface area contributed by atoms with Gasteiger partial charge in [-0.15, -0.1) is 0 Å². The third-order valence-corrected chi connectivity index (χ3v) is 1.85. The highest BCUT2D eigenvalue weighted by atomic mass is 19.4. The summed E-state index contributed by atoms with van der Waals surface area (Å²) in [7, 11) is 0. The highest BCUT2D eigenvalue weighted by Gasteiger charge is 2.31. The zero-order valence-electron chi connectivity index (χ0n) is 7.62. The minimum Gasteiger partial charge on any atom is -0.388 e. The van der Waals surface area contributed by atoms with E-state index in [2.05, 4.69) is 0 Å². The van der Waals surface area contributed by atoms with Crippen LogP contribution in [-0.2, 0) is 0 Å². The number of rotatable bonds is 2. The summed E-state index contributed by atoms with van der Waals surface area (Å²) in [6, 6.07) is 7.21. The molecule has 1 unspecified atom stereocenters. The highest BCUT2D eigenvalue weighted by Crippen LogP contribution is 2.29. The number of hydrogen-bond acceptors (Lipinski definition) is 2. The van der Waals surface area contributed by atoms with Crippen LogP contribution in [-0.4, -0.2) is 11.3 Å². The number of alkyl halides is 3. The van der Waals surface area contributed by atoms with E-state index in [1.165, 1.54) is 24.3 Å². The van der Waals surface area contributed by atoms with Crippen LogP contribution in [0.3, 0.4) is 0 Å². The number of nitrogens with zero attached hydrogens (tertiary/aromatic N) is 1. The van der Waals surface area contributed by atoms with E-state index < -0.39 is 18.7 Å². The van der Waals surface area contributed by atoms with Crippen LogP contribution in [0.25, 0.3) is 0 Å². The molecule has 0 heterocycles. The summed E-state index contributed by atoms with van der Waals surface area (Å²) < 4.78 is 35.8. The van der Waals surface area contributed by atoms with Gasteiger partial charge in [0, 0.05) is 0 Å². The first-order valence-electron chi connectivity index (χ1n) is 4.17. The second-order valence-corrected chi connectivity index (χ2v) is 3.07. The van der Waals surface area contributed by atoms with Crippen LogP contribution in [0.1, 0.15) is 23.7 Å². The molecular formula is C10H8F3NO. The van der Waals surface area contributed by atoms with Crippen molar-refractivity contribution in [3.63, 3.8) is 0 Å². The summed E-state index contributed by atoms with van der Waals surface area (Å²) in [5, 5.41) is 17.7. The number of halogens is 3. The molecule has 0 bridgehead atoms. The number of aliphatic hydroxyl groups excluding tert-OH is 1. The Hall–Kier alpha value is -1.54. The Morgan fingerprint density at radius 1 is 1.27 bits per heavy atom. The average molecular weight is 215 g/mol. The average Bonchev–Trinajstić information content (AvgIpc) is 2.15. The molecular weight excluding hydrogens is 207 g/mol. The molecule has 1 rings (SSSR count). The Balaban J connectivity index is 2.75. The first-order chi connectivity index (χ1) is 6.92. The van der Waals surface area contributed by atoms with Crippen molar-refractivity contribution < 1.29 is 18.3 Å². The van der Waals surface area contributed by atoms with Crippen LogP contribution < -0.4 is 0 Å². The molecule has 0 aromatic heterocycles. The fraction of sp³-hybridized carbons (Fsp3) is 0.300. The lowest BCUT2D eigenvalue weighted by molar-refractivity contribution is -0.154. The SMILES string of the molecule is N#Cc1ccc(C(O)CC(F)(F)F)cc1. The third kappa shape index (κ3) is 3.60. The number of nitriles is 1. The summed E-state index contributed by atoms with van der Waals surface area (Å²) in [6.45, 7) is 0. The van der Waals surface area contributed by atoms with Crippen LogP contribution in [0.2, 0.25) is 0 Å². The van der Waals surface area contributed by atoms with Crippen molar-refractivity contribution in [2.24, 2.45) is 0 Å². The predicted octanol–water partition coefficient (Wildman–Crippen LogP) is 2.54. The Morgan fingerprint density at radius 2 is 1.80 bits per heavy atom. The highest BCUT2D eigenvalue weighted by molar-refractivity contribution is 5.32. The zero-order valence-corrected chi connectivity index (χ0v) is 7.62. The van der Waals surface area contributed by atoms with Gasteiger partial charge in [-0.3, -0.25) is 0 Å². The van der Waals surface area contributed by atoms with Crippen molar-refractivity contribution >= 4 is 0 Å². The van der Waals surface area contributed by atoms with Crippen LogP contribution >= 0.6 is 0 Å². The molecule has 1 atom stereocenters. The first kappa shape index (κ1) is 11.5. The van der Waals surface area contributed by atoms with Gasteiger partial charge in [0.2, 0.25) is 0 Å². The van der Waals surface area contributed by atoms with Crippen molar-refractivity contribution in [3.8, 4) is 6.07 Å². The lowest BCUT2D eigenvalue weighted by Gasteiger charge is -2.13. The summed E-state index contributed by atoms with van der Waals surface area (Å²) >= 11 is 0. The van der Waals surface area contributed by atoms with Crippen LogP contribution in [0.4, 0.5) is 13.2 Å². The van der Waals surface area contributed by atoms with E-state index in [0.717, 1.165) is 0 Å². The maximum Gasteiger partial charge on any atom is 0.391 e. The Kier molecular flexibility index (Phi) is 3.32. The maximum absolute atomic E-state index is 11.9. The molecule has 0 amide bonds. The molecule has 5 heteroatoms. The Morgan fingerprint density at radius 3 is 2.20 bits per heavy atom. The van der Waals surface area contributed by atoms with Gasteiger partial charge in [-0.1, -0.05) is 12.1 Å². The molecule has 0 aliphatic rings. The third-order valence-electron chi connectivity index (χ3n) is 1.85. The predicted molar refractivity (Wildman–Crippen MR) is 46.8 cm³/mol. The second-order valence-electron chi connectivity index (χ2n) is 3.07. The smallest absolute Gasteiger partial charge is 0.388 e. The van der Waals surface area contributed by atoms with Crippen molar-refractivity contribution in [1.82, 2.24) is 0 Å². The minimum absolute atomic E-state index is 0.159. The molecule has 2 nitrogen and oxygen atoms in total. The van der Waals surface area contributed by atoms with Crippen LogP contribution in [0.15, 0.2) is 24.3 Å². The van der Waals surface area contributed by atoms with Gasteiger partial charge in [-0.2, -0.15) is 18.4 Å². The van der Waals surface area contributed by atoms with Crippen molar-refractivity contribution in [2.45, 2.75) is 18.7 Å². The number of aliphatic hydroxyl groups is 1. The van der Waals surface area contributed by atoms with Crippen LogP contribution in [0, 0.1) is 11.3 Å². The maximum atomic E-state index is 11.9. The van der Waals surface area contributed by atoms with E-state index >= 15 is 0 Å². The Labute approximate surface area is 84.6 Å². The van der Waals surface area contributed by atoms with Gasteiger partial charge in [0.1, 0.15) is 0 Å². The number of benzene rings is 1. The molecule has 0 aliphatic carbocycles. The quantitative estimate of drug-likeness (QED) is 0.823. The monoisotopic (exact) mass is 215 g/mol. The van der Waals surface area contributed by atoms with Crippen molar-refractivity contribution in [3.05, 3.63) is 35.4 Å². The van der Waals surface area contributed by atoms with Gasteiger partial charge in [-0.05, 0) is 17.7 Å². The van der Waals surface area contributed by atoms with Crippen molar-refractivity contribution in [2.75, 3.05) is 0 Å². The Bertz CT molecular complexity index is 364. The van der Waals surface area contributed by atoms with E-state index in [1.807, 2.05) is 6.07 Å². The fourth-order valence-electron chi connectivity index (χ4n) is 1.12. The summed E-state index contributed by atoms with van der Waals surface area (Å²) in [5.74, 6) is 0. The molecule has 0 fully saturated rings. The first-order valence-corrected chi connectivity index (χ1v) is 4.17. The van der Waals surface area contributed by atoms with E-state index in [1.54, 1.807) is 0 Å². The van der Waals surface area contributed by atoms with Gasteiger partial charge >= 0.3 is 6.18 Å². The van der Waals surface area contributed by atoms with E-state index in [0.29, 0.717) is 5.56 Å². The zero-order chi connectivity index (χ0) is 11.5. The van der Waals surface area contributed by atoms with Gasteiger partial charge in [0.25, 0.3) is 0 Å². The van der Waals surface area contributed by atoms with Crippen molar-refractivity contribution in [1.29, 1.82) is 5.26 Å². The molecule has 0 saturated heterocycles. The molecule has 1 aromatic carbocycles. The standard InChI is InChI=1S/C10H8F3NO/c11-10(12,13)5-9(15)8-3-1-7(6-14)2-4-8/h1-4,9,15H,5H2. The summed E-state index contributed by atoms with van der Waals surface area (Å²) in [5.41, 5.74) is 0.504. The van der Waals surface area contributed by atoms with Gasteiger partial charge in [-0.25, -0.2) is 0 Å². The summed E-state index contributed by atoms with van der Waals surface area (Å²) in [4.78, 5) is 0. The van der Waals surface area contributed by atoms with Gasteiger partial charge in [0.15, 0.2) is 0 Å². The molecule has 0 aliphatic heterocycles. The topological polar surface area (TPSA) is 44.0 Å². The molecule has 0 saturated carbocycles. The molecule has 15 heavy (non-hydrogen) atoms.